The molecule has 240 valence electrons. The fourth-order valence-electron chi connectivity index (χ4n) is 5.82. The van der Waals surface area contributed by atoms with Crippen LogP contribution in [-0.4, -0.2) is 39.9 Å². The first-order valence-electron chi connectivity index (χ1n) is 16.6. The molecular weight excluding hydrogens is 568 g/mol. The third-order valence-electron chi connectivity index (χ3n) is 8.43. The third-order valence-corrected chi connectivity index (χ3v) is 10.0. The van der Waals surface area contributed by atoms with E-state index in [2.05, 4.69) is 13.8 Å². The Kier molecular flexibility index (Phi) is 29.8. The van der Waals surface area contributed by atoms with Crippen molar-refractivity contribution in [2.75, 3.05) is 0 Å². The average molecular weight is 631 g/mol. The summed E-state index contributed by atoms with van der Waals surface area (Å²) < 4.78 is 32.1. The van der Waals surface area contributed by atoms with Gasteiger partial charge in [0.2, 0.25) is 4.75 Å². The van der Waals surface area contributed by atoms with Gasteiger partial charge in [-0.2, -0.15) is 8.42 Å². The summed E-state index contributed by atoms with van der Waals surface area (Å²) in [6.07, 6.45) is 25.2. The van der Waals surface area contributed by atoms with Crippen molar-refractivity contribution in [3.63, 3.8) is 0 Å². The molecule has 7 nitrogen and oxygen atoms in total. The molecule has 0 aliphatic heterocycles. The topological polar surface area (TPSA) is 129 Å². The predicted octanol–water partition coefficient (Wildman–Crippen LogP) is 6.70. The fourth-order valence-corrected chi connectivity index (χ4v) is 7.02. The van der Waals surface area contributed by atoms with E-state index < -0.39 is 32.7 Å². The van der Waals surface area contributed by atoms with Gasteiger partial charge in [0.1, 0.15) is 0 Å². The molecule has 2 atom stereocenters. The van der Waals surface area contributed by atoms with E-state index in [1.54, 1.807) is 0 Å². The van der Waals surface area contributed by atoms with Crippen molar-refractivity contribution in [1.82, 2.24) is 0 Å². The molecule has 3 N–H and O–H groups in total. The molecule has 0 heterocycles. The fraction of sp³-hybridized carbons (Fsp3) is 0.938. The number of hydrogen-bond donors (Lipinski definition) is 3. The van der Waals surface area contributed by atoms with Gasteiger partial charge in [-0.15, -0.1) is 0 Å². The van der Waals surface area contributed by atoms with Crippen LogP contribution < -0.4 is 51.4 Å². The quantitative estimate of drug-likeness (QED) is 0.0458. The number of aliphatic carboxylic acids is 2. The Balaban J connectivity index is -0.00000760. The smallest absolute Gasteiger partial charge is 1.00 e. The van der Waals surface area contributed by atoms with Crippen LogP contribution >= 0.6 is 0 Å². The summed E-state index contributed by atoms with van der Waals surface area (Å²) in [6, 6.07) is 0. The third kappa shape index (κ3) is 20.2. The van der Waals surface area contributed by atoms with Gasteiger partial charge in [-0.1, -0.05) is 168 Å². The van der Waals surface area contributed by atoms with E-state index in [0.29, 0.717) is 12.8 Å². The molecular formula is C32H63KO7S. The van der Waals surface area contributed by atoms with Gasteiger partial charge < -0.3 is 11.6 Å². The zero-order valence-electron chi connectivity index (χ0n) is 27.8. The summed E-state index contributed by atoms with van der Waals surface area (Å²) in [5.74, 6) is -4.90. The minimum atomic E-state index is -5.13. The van der Waals surface area contributed by atoms with Gasteiger partial charge in [0.25, 0.3) is 10.1 Å². The van der Waals surface area contributed by atoms with Crippen LogP contribution in [0.25, 0.3) is 0 Å². The molecule has 0 aromatic rings. The summed E-state index contributed by atoms with van der Waals surface area (Å²) in [5, 5.41) is 19.8. The molecule has 0 amide bonds. The Hall–Kier alpha value is 0.486. The molecule has 0 spiro atoms. The zero-order valence-corrected chi connectivity index (χ0v) is 30.8. The van der Waals surface area contributed by atoms with Crippen LogP contribution in [0, 0.1) is 5.92 Å². The molecule has 0 bridgehead atoms. The number of rotatable bonds is 30. The Morgan fingerprint density at radius 3 is 1.15 bits per heavy atom. The van der Waals surface area contributed by atoms with Crippen molar-refractivity contribution in [3.8, 4) is 0 Å². The second kappa shape index (κ2) is 28.0. The average Bonchev–Trinajstić information content (AvgIpc) is 2.89. The molecule has 0 rings (SSSR count). The molecule has 0 radical (unpaired) electrons. The van der Waals surface area contributed by atoms with Gasteiger partial charge in [0.15, 0.2) is 0 Å². The van der Waals surface area contributed by atoms with E-state index in [0.717, 1.165) is 51.4 Å². The van der Waals surface area contributed by atoms with Crippen molar-refractivity contribution >= 4 is 22.1 Å². The standard InChI is InChI=1S/C32H62O7S.K.H/c1-3-5-7-9-11-13-15-17-19-21-23-25-27-29(30(33)34)32(31(35)36,40(37,38)39)28-26-24-22-20-18-16-14-12-10-8-6-4-2;;/h29H,3-28H2,1-2H3,(H,33,34)(H,35,36)(H,37,38,39);;/q;+1;-1. The minimum Gasteiger partial charge on any atom is -1.00 e. The molecule has 0 aromatic carbocycles. The maximum atomic E-state index is 12.4. The van der Waals surface area contributed by atoms with Crippen molar-refractivity contribution in [2.24, 2.45) is 5.92 Å². The molecule has 0 aliphatic rings. The normalized spacial score (nSPS) is 13.8. The largest absolute Gasteiger partial charge is 1.00 e. The molecule has 41 heavy (non-hydrogen) atoms. The Morgan fingerprint density at radius 2 is 0.878 bits per heavy atom. The van der Waals surface area contributed by atoms with E-state index in [-0.39, 0.29) is 72.1 Å². The number of carboxylic acids is 2. The first-order chi connectivity index (χ1) is 19.1. The Morgan fingerprint density at radius 1 is 0.585 bits per heavy atom. The second-order valence-corrected chi connectivity index (χ2v) is 13.6. The molecule has 0 aromatic heterocycles. The Bertz CT molecular complexity index is 751. The maximum Gasteiger partial charge on any atom is 1.00 e. The van der Waals surface area contributed by atoms with Crippen LogP contribution in [0.3, 0.4) is 0 Å². The van der Waals surface area contributed by atoms with Crippen molar-refractivity contribution in [3.05, 3.63) is 0 Å². The van der Waals surface area contributed by atoms with E-state index in [1.807, 2.05) is 0 Å². The summed E-state index contributed by atoms with van der Waals surface area (Å²) in [5.41, 5.74) is 0. The molecule has 0 saturated carbocycles. The summed E-state index contributed by atoms with van der Waals surface area (Å²) in [4.78, 5) is 24.4. The first kappa shape index (κ1) is 43.6. The minimum absolute atomic E-state index is 0. The van der Waals surface area contributed by atoms with Crippen LogP contribution in [0.15, 0.2) is 0 Å². The summed E-state index contributed by atoms with van der Waals surface area (Å²) in [7, 11) is -5.13. The molecule has 0 aliphatic carbocycles. The zero-order chi connectivity index (χ0) is 30.1. The van der Waals surface area contributed by atoms with Gasteiger partial charge in [0.05, 0.1) is 5.92 Å². The van der Waals surface area contributed by atoms with Gasteiger partial charge in [-0.3, -0.25) is 14.1 Å². The monoisotopic (exact) mass is 630 g/mol. The first-order valence-corrected chi connectivity index (χ1v) is 18.0. The molecule has 2 unspecified atom stereocenters. The van der Waals surface area contributed by atoms with Crippen LogP contribution in [0.4, 0.5) is 0 Å². The predicted molar refractivity (Wildman–Crippen MR) is 166 cm³/mol. The van der Waals surface area contributed by atoms with Gasteiger partial charge in [0, 0.05) is 0 Å². The van der Waals surface area contributed by atoms with Crippen molar-refractivity contribution < 1.29 is 85.6 Å². The van der Waals surface area contributed by atoms with E-state index in [9.17, 15) is 32.8 Å². The molecule has 0 fully saturated rings. The second-order valence-electron chi connectivity index (χ2n) is 11.9. The van der Waals surface area contributed by atoms with Crippen LogP contribution in [0.1, 0.15) is 182 Å². The maximum absolute atomic E-state index is 12.4. The van der Waals surface area contributed by atoms with Crippen LogP contribution in [0.5, 0.6) is 0 Å². The van der Waals surface area contributed by atoms with E-state index >= 15 is 0 Å². The van der Waals surface area contributed by atoms with Gasteiger partial charge >= 0.3 is 63.3 Å². The summed E-state index contributed by atoms with van der Waals surface area (Å²) >= 11 is 0. The van der Waals surface area contributed by atoms with Crippen LogP contribution in [-0.2, 0) is 19.7 Å². The van der Waals surface area contributed by atoms with E-state index in [1.165, 1.54) is 83.5 Å². The van der Waals surface area contributed by atoms with Crippen molar-refractivity contribution in [2.45, 2.75) is 186 Å². The summed E-state index contributed by atoms with van der Waals surface area (Å²) in [6.45, 7) is 4.42. The number of carboxylic acid groups (broad SMARTS) is 2. The molecule has 0 saturated heterocycles. The molecule has 9 heteroatoms. The number of hydrogen-bond acceptors (Lipinski definition) is 4. The van der Waals surface area contributed by atoms with Crippen molar-refractivity contribution in [1.29, 1.82) is 0 Å². The number of carbonyl (C=O) groups is 2. The van der Waals surface area contributed by atoms with Gasteiger partial charge in [-0.05, 0) is 12.8 Å². The SMILES string of the molecule is CCCCCCCCCCCCCCC(C(=O)O)C(CCCCCCCCCCCCCC)(C(=O)O)S(=O)(=O)O.[H-].[K+]. The van der Waals surface area contributed by atoms with Gasteiger partial charge in [-0.25, -0.2) is 0 Å². The Labute approximate surface area is 296 Å². The number of unbranched alkanes of at least 4 members (excludes halogenated alkanes) is 22. The van der Waals surface area contributed by atoms with E-state index in [4.69, 9.17) is 0 Å². The van der Waals surface area contributed by atoms with Crippen LogP contribution in [0.2, 0.25) is 0 Å².